The number of carbonyl (C=O) groups is 1. The molecule has 2 N–H and O–H groups in total. The zero-order valence-corrected chi connectivity index (χ0v) is 11.0. The van der Waals surface area contributed by atoms with Gasteiger partial charge in [-0.25, -0.2) is 4.79 Å². The number of carboxylic acids is 1. The van der Waals surface area contributed by atoms with Gasteiger partial charge in [0.05, 0.1) is 0 Å². The molecule has 0 fully saturated rings. The van der Waals surface area contributed by atoms with E-state index in [0.29, 0.717) is 0 Å². The standard InChI is InChI=1S/C5H12O3.C4H6O2.Ti/c1-4(6)8-5(2)7-3;1-3(2)4(5)6;/h4-6H,1-3H3;1H2,2H3,(H,5,6);. The Morgan fingerprint density at radius 1 is 1.40 bits per heavy atom. The maximum atomic E-state index is 9.60. The summed E-state index contributed by atoms with van der Waals surface area (Å²) >= 11 is 0. The number of carboxylic acid groups (broad SMARTS) is 1. The molecule has 0 saturated heterocycles. The Morgan fingerprint density at radius 3 is 1.80 bits per heavy atom. The van der Waals surface area contributed by atoms with E-state index in [0.717, 1.165) is 0 Å². The van der Waals surface area contributed by atoms with Crippen molar-refractivity contribution in [2.24, 2.45) is 0 Å². The van der Waals surface area contributed by atoms with E-state index in [1.54, 1.807) is 6.92 Å². The van der Waals surface area contributed by atoms with Crippen LogP contribution in [0.2, 0.25) is 0 Å². The first kappa shape index (κ1) is 20.2. The van der Waals surface area contributed by atoms with E-state index < -0.39 is 12.3 Å². The topological polar surface area (TPSA) is 76.0 Å². The van der Waals surface area contributed by atoms with Gasteiger partial charge in [-0.15, -0.1) is 0 Å². The van der Waals surface area contributed by atoms with E-state index in [-0.39, 0.29) is 33.6 Å². The Labute approximate surface area is 105 Å². The van der Waals surface area contributed by atoms with Crippen LogP contribution in [0, 0.1) is 0 Å². The van der Waals surface area contributed by atoms with Crippen LogP contribution in [0.5, 0.6) is 0 Å². The zero-order valence-electron chi connectivity index (χ0n) is 9.48. The fraction of sp³-hybridized carbons (Fsp3) is 0.667. The molecule has 2 atom stereocenters. The molecule has 0 spiro atoms. The number of aliphatic carboxylic acids is 1. The van der Waals surface area contributed by atoms with Crippen molar-refractivity contribution in [1.29, 1.82) is 0 Å². The molecule has 15 heavy (non-hydrogen) atoms. The molecule has 2 unspecified atom stereocenters. The summed E-state index contributed by atoms with van der Waals surface area (Å²) in [6, 6.07) is 0. The SMILES string of the molecule is C=C(C)C(=O)O.COC(C)OC(C)O.[Ti]. The predicted octanol–water partition coefficient (Wildman–Crippen LogP) is 0.978. The van der Waals surface area contributed by atoms with Crippen LogP contribution >= 0.6 is 0 Å². The summed E-state index contributed by atoms with van der Waals surface area (Å²) in [7, 11) is 1.52. The van der Waals surface area contributed by atoms with Crippen molar-refractivity contribution in [3.05, 3.63) is 12.2 Å². The van der Waals surface area contributed by atoms with Gasteiger partial charge < -0.3 is 19.7 Å². The number of ether oxygens (including phenoxy) is 2. The monoisotopic (exact) mass is 254 g/mol. The van der Waals surface area contributed by atoms with E-state index in [1.165, 1.54) is 21.0 Å². The van der Waals surface area contributed by atoms with E-state index >= 15 is 0 Å². The van der Waals surface area contributed by atoms with E-state index in [9.17, 15) is 4.79 Å². The third-order valence-corrected chi connectivity index (χ3v) is 1.09. The number of rotatable bonds is 4. The van der Waals surface area contributed by atoms with Gasteiger partial charge in [-0.05, 0) is 20.8 Å². The van der Waals surface area contributed by atoms with Crippen LogP contribution in [-0.2, 0) is 36.0 Å². The number of aliphatic hydroxyl groups excluding tert-OH is 1. The molecule has 0 aromatic heterocycles. The summed E-state index contributed by atoms with van der Waals surface area (Å²) in [5, 5.41) is 16.4. The van der Waals surface area contributed by atoms with Gasteiger partial charge in [-0.3, -0.25) is 0 Å². The molecule has 6 heteroatoms. The Kier molecular flexibility index (Phi) is 16.0. The molecule has 0 amide bonds. The molecule has 0 bridgehead atoms. The summed E-state index contributed by atoms with van der Waals surface area (Å²) in [4.78, 5) is 9.60. The molecule has 0 aliphatic rings. The number of hydrogen-bond acceptors (Lipinski definition) is 4. The van der Waals surface area contributed by atoms with Gasteiger partial charge in [-0.2, -0.15) is 0 Å². The first-order valence-corrected chi connectivity index (χ1v) is 4.06. The summed E-state index contributed by atoms with van der Waals surface area (Å²) in [6.45, 7) is 7.85. The van der Waals surface area contributed by atoms with Crippen LogP contribution in [-0.4, -0.2) is 35.9 Å². The van der Waals surface area contributed by atoms with E-state index in [2.05, 4.69) is 11.3 Å². The minimum atomic E-state index is -0.935. The van der Waals surface area contributed by atoms with E-state index in [4.69, 9.17) is 14.9 Å². The van der Waals surface area contributed by atoms with Crippen molar-refractivity contribution in [3.8, 4) is 0 Å². The molecule has 0 radical (unpaired) electrons. The number of hydrogen-bond donors (Lipinski definition) is 2. The average molecular weight is 254 g/mol. The molecule has 0 aromatic rings. The second-order valence-corrected chi connectivity index (χ2v) is 2.62. The summed E-state index contributed by atoms with van der Waals surface area (Å²) in [6.07, 6.45) is -1.07. The smallest absolute Gasteiger partial charge is 0.330 e. The van der Waals surface area contributed by atoms with Crippen LogP contribution in [0.15, 0.2) is 12.2 Å². The molecular weight excluding hydrogens is 236 g/mol. The Balaban J connectivity index is -0.000000187. The predicted molar refractivity (Wildman–Crippen MR) is 51.7 cm³/mol. The molecule has 0 heterocycles. The third kappa shape index (κ3) is 20.0. The van der Waals surface area contributed by atoms with Crippen molar-refractivity contribution in [2.75, 3.05) is 7.11 Å². The molecule has 0 aliphatic carbocycles. The van der Waals surface area contributed by atoms with Crippen LogP contribution < -0.4 is 0 Å². The van der Waals surface area contributed by atoms with Crippen LogP contribution in [0.1, 0.15) is 20.8 Å². The van der Waals surface area contributed by atoms with Gasteiger partial charge in [-0.1, -0.05) is 6.58 Å². The first-order valence-electron chi connectivity index (χ1n) is 4.06. The van der Waals surface area contributed by atoms with Gasteiger partial charge in [0.1, 0.15) is 0 Å². The summed E-state index contributed by atoms with van der Waals surface area (Å²) < 4.78 is 9.41. The molecule has 0 saturated carbocycles. The van der Waals surface area contributed by atoms with Crippen molar-refractivity contribution >= 4 is 5.97 Å². The van der Waals surface area contributed by atoms with Crippen LogP contribution in [0.3, 0.4) is 0 Å². The first-order chi connectivity index (χ1) is 6.31. The zero-order chi connectivity index (χ0) is 11.7. The summed E-state index contributed by atoms with van der Waals surface area (Å²) in [5.74, 6) is -0.935. The number of aliphatic hydroxyl groups is 1. The van der Waals surface area contributed by atoms with Gasteiger partial charge >= 0.3 is 5.97 Å². The van der Waals surface area contributed by atoms with Crippen molar-refractivity contribution in [1.82, 2.24) is 0 Å². The molecule has 0 aliphatic heterocycles. The maximum absolute atomic E-state index is 9.60. The molecule has 0 aromatic carbocycles. The van der Waals surface area contributed by atoms with Gasteiger partial charge in [0.25, 0.3) is 0 Å². The molecule has 88 valence electrons. The molecular formula is C9H18O5Ti. The van der Waals surface area contributed by atoms with Gasteiger partial charge in [0.15, 0.2) is 12.6 Å². The number of methoxy groups -OCH3 is 1. The Bertz CT molecular complexity index is 169. The van der Waals surface area contributed by atoms with Crippen LogP contribution in [0.25, 0.3) is 0 Å². The largest absolute Gasteiger partial charge is 0.478 e. The Morgan fingerprint density at radius 2 is 1.73 bits per heavy atom. The average Bonchev–Trinajstić information content (AvgIpc) is 2.04. The molecule has 5 nitrogen and oxygen atoms in total. The fourth-order valence-corrected chi connectivity index (χ4v) is 0.333. The second kappa shape index (κ2) is 11.9. The van der Waals surface area contributed by atoms with E-state index in [1.807, 2.05) is 0 Å². The van der Waals surface area contributed by atoms with Gasteiger partial charge in [0.2, 0.25) is 0 Å². The van der Waals surface area contributed by atoms with Crippen molar-refractivity contribution < 1.29 is 46.2 Å². The van der Waals surface area contributed by atoms with Crippen molar-refractivity contribution in [2.45, 2.75) is 33.4 Å². The fourth-order valence-electron chi connectivity index (χ4n) is 0.333. The minimum absolute atomic E-state index is 0. The Hall–Kier alpha value is -0.196. The van der Waals surface area contributed by atoms with Crippen molar-refractivity contribution in [3.63, 3.8) is 0 Å². The quantitative estimate of drug-likeness (QED) is 0.444. The molecule has 0 rings (SSSR count). The maximum Gasteiger partial charge on any atom is 0.330 e. The van der Waals surface area contributed by atoms with Crippen LogP contribution in [0.4, 0.5) is 0 Å². The minimum Gasteiger partial charge on any atom is -0.478 e. The normalized spacial score (nSPS) is 12.6. The summed E-state index contributed by atoms with van der Waals surface area (Å²) in [5.41, 5.74) is 0.176. The third-order valence-electron chi connectivity index (χ3n) is 1.09. The second-order valence-electron chi connectivity index (χ2n) is 2.62. The van der Waals surface area contributed by atoms with Gasteiger partial charge in [0, 0.05) is 34.4 Å².